The van der Waals surface area contributed by atoms with Crippen LogP contribution >= 0.6 is 0 Å². The first-order valence-corrected chi connectivity index (χ1v) is 11.1. The molecule has 0 spiro atoms. The van der Waals surface area contributed by atoms with Gasteiger partial charge in [0.25, 0.3) is 5.91 Å². The summed E-state index contributed by atoms with van der Waals surface area (Å²) in [6.07, 6.45) is 8.91. The number of benzene rings is 2. The lowest BCUT2D eigenvalue weighted by atomic mass is 9.80. The molecule has 170 valence electrons. The van der Waals surface area contributed by atoms with Gasteiger partial charge in [0.1, 0.15) is 5.82 Å². The van der Waals surface area contributed by atoms with Crippen LogP contribution in [-0.2, 0) is 16.1 Å². The third-order valence-corrected chi connectivity index (χ3v) is 5.62. The van der Waals surface area contributed by atoms with Gasteiger partial charge in [-0.1, -0.05) is 61.9 Å². The van der Waals surface area contributed by atoms with E-state index in [1.807, 2.05) is 43.4 Å². The van der Waals surface area contributed by atoms with E-state index in [4.69, 9.17) is 4.74 Å². The summed E-state index contributed by atoms with van der Waals surface area (Å²) in [5, 5.41) is 8.82. The highest BCUT2D eigenvalue weighted by Gasteiger charge is 2.38. The van der Waals surface area contributed by atoms with Crippen molar-refractivity contribution < 1.29 is 18.7 Å². The van der Waals surface area contributed by atoms with Gasteiger partial charge in [-0.3, -0.25) is 10.1 Å². The van der Waals surface area contributed by atoms with Gasteiger partial charge < -0.3 is 4.74 Å². The average Bonchev–Trinajstić information content (AvgIpc) is 2.83. The summed E-state index contributed by atoms with van der Waals surface area (Å²) in [5.41, 5.74) is 2.99. The molecule has 1 aliphatic heterocycles. The molecule has 1 heterocycles. The highest BCUT2D eigenvalue weighted by Crippen LogP contribution is 2.31. The molecular weight excluding hydrogens is 421 g/mol. The van der Waals surface area contributed by atoms with Crippen molar-refractivity contribution in [1.29, 1.82) is 0 Å². The van der Waals surface area contributed by atoms with E-state index in [9.17, 15) is 14.0 Å². The molecule has 6 nitrogen and oxygen atoms in total. The summed E-state index contributed by atoms with van der Waals surface area (Å²) in [7, 11) is 0. The van der Waals surface area contributed by atoms with Gasteiger partial charge in [0.05, 0.1) is 24.8 Å². The number of hydrogen-bond acceptors (Lipinski definition) is 4. The van der Waals surface area contributed by atoms with Crippen LogP contribution in [0.4, 0.5) is 14.9 Å². The van der Waals surface area contributed by atoms with Gasteiger partial charge in [-0.25, -0.2) is 14.2 Å². The second kappa shape index (κ2) is 10.3. The zero-order valence-electron chi connectivity index (χ0n) is 18.4. The van der Waals surface area contributed by atoms with Gasteiger partial charge >= 0.3 is 6.09 Å². The Labute approximate surface area is 192 Å². The molecule has 2 aromatic rings. The fraction of sp³-hybridized carbons (Fsp3) is 0.269. The zero-order valence-corrected chi connectivity index (χ0v) is 18.4. The van der Waals surface area contributed by atoms with Crippen molar-refractivity contribution in [2.75, 3.05) is 11.9 Å². The number of carbonyl (C=O) groups excluding carboxylic acids is 2. The first-order valence-electron chi connectivity index (χ1n) is 11.1. The van der Waals surface area contributed by atoms with Crippen LogP contribution < -0.4 is 5.32 Å². The van der Waals surface area contributed by atoms with Gasteiger partial charge in [-0.05, 0) is 41.8 Å². The van der Waals surface area contributed by atoms with Gasteiger partial charge in [-0.2, -0.15) is 5.10 Å². The number of allylic oxidation sites excluding steroid dienone is 3. The number of nitrogens with one attached hydrogen (secondary N) is 1. The molecule has 1 N–H and O–H groups in total. The molecular formula is C26H26FN3O3. The third kappa shape index (κ3) is 5.37. The lowest BCUT2D eigenvalue weighted by Gasteiger charge is -2.34. The molecule has 33 heavy (non-hydrogen) atoms. The van der Waals surface area contributed by atoms with Crippen LogP contribution in [0.5, 0.6) is 0 Å². The number of halogens is 1. The monoisotopic (exact) mass is 447 g/mol. The maximum absolute atomic E-state index is 13.4. The fourth-order valence-electron chi connectivity index (χ4n) is 3.84. The zero-order chi connectivity index (χ0) is 23.2. The number of amides is 2. The van der Waals surface area contributed by atoms with E-state index in [0.717, 1.165) is 29.7 Å². The Balaban J connectivity index is 1.50. The molecule has 0 aromatic heterocycles. The molecule has 4 rings (SSSR count). The lowest BCUT2D eigenvalue weighted by molar-refractivity contribution is -0.136. The SMILES string of the molecule is CCCCOC(=O)Nc1ccc(CN2N=C(c3ccc(F)cc3)C3C=CC=CC3C2=O)cc1. The average molecular weight is 448 g/mol. The van der Waals surface area contributed by atoms with Crippen molar-refractivity contribution in [2.24, 2.45) is 16.9 Å². The predicted molar refractivity (Wildman–Crippen MR) is 125 cm³/mol. The molecule has 1 aliphatic carbocycles. The van der Waals surface area contributed by atoms with Gasteiger partial charge in [0.2, 0.25) is 0 Å². The number of nitrogens with zero attached hydrogens (tertiary/aromatic N) is 2. The Morgan fingerprint density at radius 2 is 1.76 bits per heavy atom. The minimum absolute atomic E-state index is 0.0897. The number of unbranched alkanes of at least 4 members (excludes halogenated alkanes) is 1. The van der Waals surface area contributed by atoms with E-state index in [0.29, 0.717) is 12.3 Å². The number of carbonyl (C=O) groups is 2. The van der Waals surface area contributed by atoms with Crippen LogP contribution in [0.3, 0.4) is 0 Å². The lowest BCUT2D eigenvalue weighted by Crippen LogP contribution is -2.43. The van der Waals surface area contributed by atoms with Crippen LogP contribution in [0.25, 0.3) is 0 Å². The van der Waals surface area contributed by atoms with E-state index in [1.54, 1.807) is 24.3 Å². The van der Waals surface area contributed by atoms with E-state index in [1.165, 1.54) is 17.1 Å². The van der Waals surface area contributed by atoms with Crippen molar-refractivity contribution in [2.45, 2.75) is 26.3 Å². The second-order valence-corrected chi connectivity index (χ2v) is 8.02. The van der Waals surface area contributed by atoms with Gasteiger partial charge in [0.15, 0.2) is 0 Å². The summed E-state index contributed by atoms with van der Waals surface area (Å²) in [6, 6.07) is 13.4. The van der Waals surface area contributed by atoms with Crippen LogP contribution in [-0.4, -0.2) is 29.3 Å². The molecule has 0 fully saturated rings. The van der Waals surface area contributed by atoms with E-state index >= 15 is 0 Å². The Morgan fingerprint density at radius 1 is 1.06 bits per heavy atom. The van der Waals surface area contributed by atoms with Crippen LogP contribution in [0.15, 0.2) is 77.9 Å². The summed E-state index contributed by atoms with van der Waals surface area (Å²) >= 11 is 0. The number of rotatable bonds is 7. The van der Waals surface area contributed by atoms with Crippen molar-refractivity contribution in [3.63, 3.8) is 0 Å². The van der Waals surface area contributed by atoms with Crippen LogP contribution in [0.1, 0.15) is 30.9 Å². The number of anilines is 1. The number of hydrazone groups is 1. The first-order chi connectivity index (χ1) is 16.0. The molecule has 0 radical (unpaired) electrons. The van der Waals surface area contributed by atoms with E-state index < -0.39 is 6.09 Å². The predicted octanol–water partition coefficient (Wildman–Crippen LogP) is 5.28. The van der Waals surface area contributed by atoms with Gasteiger partial charge in [-0.15, -0.1) is 0 Å². The second-order valence-electron chi connectivity index (χ2n) is 8.02. The third-order valence-electron chi connectivity index (χ3n) is 5.62. The van der Waals surface area contributed by atoms with Crippen molar-refractivity contribution in [3.8, 4) is 0 Å². The standard InChI is InChI=1S/C26H26FN3O3/c1-2-3-16-33-26(32)28-21-14-8-18(9-15-21)17-30-25(31)23-7-5-4-6-22(23)24(29-30)19-10-12-20(27)13-11-19/h4-15,22-23H,2-3,16-17H2,1H3,(H,28,32). The number of ether oxygens (including phenoxy) is 1. The molecule has 2 aromatic carbocycles. The van der Waals surface area contributed by atoms with Crippen LogP contribution in [0.2, 0.25) is 0 Å². The number of fused-ring (bicyclic) bond motifs is 1. The van der Waals surface area contributed by atoms with Crippen molar-refractivity contribution in [3.05, 3.63) is 89.8 Å². The fourth-order valence-corrected chi connectivity index (χ4v) is 3.84. The minimum Gasteiger partial charge on any atom is -0.449 e. The molecule has 2 aliphatic rings. The molecule has 0 saturated heterocycles. The van der Waals surface area contributed by atoms with Crippen LogP contribution in [0, 0.1) is 17.7 Å². The Morgan fingerprint density at radius 3 is 2.45 bits per heavy atom. The quantitative estimate of drug-likeness (QED) is 0.587. The van der Waals surface area contributed by atoms with Gasteiger partial charge in [0, 0.05) is 11.6 Å². The number of hydrogen-bond donors (Lipinski definition) is 1. The Kier molecular flexibility index (Phi) is 6.98. The highest BCUT2D eigenvalue weighted by molar-refractivity contribution is 6.08. The smallest absolute Gasteiger partial charge is 0.411 e. The minimum atomic E-state index is -0.487. The molecule has 2 amide bonds. The first kappa shape index (κ1) is 22.5. The summed E-state index contributed by atoms with van der Waals surface area (Å²) in [4.78, 5) is 25.0. The molecule has 0 saturated carbocycles. The van der Waals surface area contributed by atoms with Crippen molar-refractivity contribution >= 4 is 23.4 Å². The Bertz CT molecular complexity index is 1090. The van der Waals surface area contributed by atoms with Crippen molar-refractivity contribution in [1.82, 2.24) is 5.01 Å². The highest BCUT2D eigenvalue weighted by atomic mass is 19.1. The van der Waals surface area contributed by atoms with E-state index in [2.05, 4.69) is 10.4 Å². The largest absolute Gasteiger partial charge is 0.449 e. The van der Waals surface area contributed by atoms with E-state index in [-0.39, 0.29) is 30.1 Å². The summed E-state index contributed by atoms with van der Waals surface area (Å²) in [6.45, 7) is 2.70. The Hall–Kier alpha value is -3.74. The molecule has 7 heteroatoms. The summed E-state index contributed by atoms with van der Waals surface area (Å²) < 4.78 is 18.5. The maximum Gasteiger partial charge on any atom is 0.411 e. The maximum atomic E-state index is 13.4. The summed E-state index contributed by atoms with van der Waals surface area (Å²) in [5.74, 6) is -0.948. The normalized spacial score (nSPS) is 19.2. The topological polar surface area (TPSA) is 71.0 Å². The molecule has 2 unspecified atom stereocenters. The molecule has 2 atom stereocenters. The molecule has 0 bridgehead atoms.